The Balaban J connectivity index is 2.96. The van der Waals surface area contributed by atoms with E-state index in [9.17, 15) is 14.0 Å². The molecule has 0 amide bonds. The molecule has 1 aromatic rings. The average Bonchev–Trinajstić information content (AvgIpc) is 2.30. The number of carboxylic acid groups (broad SMARTS) is 1. The molecule has 1 N–H and O–H groups in total. The van der Waals surface area contributed by atoms with Crippen LogP contribution in [0.4, 0.5) is 4.39 Å². The molecule has 0 heterocycles. The average molecular weight is 252 g/mol. The van der Waals surface area contributed by atoms with Crippen molar-refractivity contribution in [3.63, 3.8) is 0 Å². The summed E-state index contributed by atoms with van der Waals surface area (Å²) in [5, 5.41) is 8.64. The second-order valence-electron chi connectivity index (χ2n) is 3.85. The maximum absolute atomic E-state index is 13.6. The summed E-state index contributed by atoms with van der Waals surface area (Å²) in [5.41, 5.74) is 0.442. The number of Topliss-reactive ketones (excluding diaryl/α,β-unsaturated/α-hetero) is 1. The van der Waals surface area contributed by atoms with E-state index in [1.807, 2.05) is 0 Å². The zero-order valence-electron chi connectivity index (χ0n) is 10.1. The molecule has 1 rings (SSSR count). The van der Waals surface area contributed by atoms with Gasteiger partial charge in [0, 0.05) is 5.56 Å². The first-order valence-electron chi connectivity index (χ1n) is 5.22. The fraction of sp³-hybridized carbons (Fsp3) is 0.231. The molecule has 0 bridgehead atoms. The molecule has 0 fully saturated rings. The first-order valence-corrected chi connectivity index (χ1v) is 5.22. The smallest absolute Gasteiger partial charge is 0.344 e. The predicted molar refractivity (Wildman–Crippen MR) is 63.3 cm³/mol. The molecule has 18 heavy (non-hydrogen) atoms. The Hall–Kier alpha value is -2.17. The van der Waals surface area contributed by atoms with Gasteiger partial charge in [-0.25, -0.2) is 9.18 Å². The molecule has 4 nitrogen and oxygen atoms in total. The van der Waals surface area contributed by atoms with Crippen LogP contribution in [0.2, 0.25) is 0 Å². The molecule has 0 aliphatic rings. The summed E-state index contributed by atoms with van der Waals surface area (Å²) >= 11 is 0. The lowest BCUT2D eigenvalue weighted by molar-refractivity contribution is -0.144. The van der Waals surface area contributed by atoms with Crippen molar-refractivity contribution >= 4 is 11.8 Å². The van der Waals surface area contributed by atoms with Gasteiger partial charge in [0.05, 0.1) is 0 Å². The van der Waals surface area contributed by atoms with Crippen molar-refractivity contribution < 1.29 is 23.8 Å². The van der Waals surface area contributed by atoms with Gasteiger partial charge in [-0.1, -0.05) is 6.58 Å². The summed E-state index contributed by atoms with van der Waals surface area (Å²) in [6, 6.07) is 3.59. The monoisotopic (exact) mass is 252 g/mol. The fourth-order valence-corrected chi connectivity index (χ4v) is 1.22. The van der Waals surface area contributed by atoms with E-state index < -0.39 is 17.9 Å². The summed E-state index contributed by atoms with van der Waals surface area (Å²) in [4.78, 5) is 22.1. The summed E-state index contributed by atoms with van der Waals surface area (Å²) in [7, 11) is 0. The summed E-state index contributed by atoms with van der Waals surface area (Å²) in [6.45, 7) is 6.29. The quantitative estimate of drug-likeness (QED) is 0.645. The number of ketones is 1. The number of carbonyl (C=O) groups excluding carboxylic acids is 1. The van der Waals surface area contributed by atoms with Crippen LogP contribution in [0.1, 0.15) is 24.2 Å². The standard InChI is InChI=1S/C13H13FO4/c1-7(2)12(15)9-4-5-11(10(14)6-9)18-8(3)13(16)17/h4-6,8H,1H2,2-3H3,(H,16,17). The van der Waals surface area contributed by atoms with E-state index in [4.69, 9.17) is 9.84 Å². The second kappa shape index (κ2) is 5.44. The van der Waals surface area contributed by atoms with Crippen molar-refractivity contribution in [2.45, 2.75) is 20.0 Å². The van der Waals surface area contributed by atoms with Crippen LogP contribution >= 0.6 is 0 Å². The van der Waals surface area contributed by atoms with Gasteiger partial charge in [0.1, 0.15) is 0 Å². The van der Waals surface area contributed by atoms with Gasteiger partial charge in [0.25, 0.3) is 0 Å². The number of carboxylic acids is 1. The van der Waals surface area contributed by atoms with Gasteiger partial charge in [-0.2, -0.15) is 0 Å². The molecule has 0 aliphatic carbocycles. The predicted octanol–water partition coefficient (Wildman–Crippen LogP) is 2.44. The van der Waals surface area contributed by atoms with E-state index in [1.54, 1.807) is 0 Å². The number of aliphatic carboxylic acids is 1. The number of hydrogen-bond donors (Lipinski definition) is 1. The third-order valence-corrected chi connectivity index (χ3v) is 2.23. The maximum atomic E-state index is 13.6. The van der Waals surface area contributed by atoms with Gasteiger partial charge in [-0.15, -0.1) is 0 Å². The van der Waals surface area contributed by atoms with Crippen molar-refractivity contribution in [3.8, 4) is 5.75 Å². The zero-order valence-corrected chi connectivity index (χ0v) is 10.1. The van der Waals surface area contributed by atoms with Crippen LogP contribution in [0, 0.1) is 5.82 Å². The largest absolute Gasteiger partial charge is 0.479 e. The molecule has 0 saturated heterocycles. The van der Waals surface area contributed by atoms with E-state index in [0.717, 1.165) is 6.07 Å². The normalized spacial score (nSPS) is 11.7. The highest BCUT2D eigenvalue weighted by molar-refractivity contribution is 6.07. The van der Waals surface area contributed by atoms with Gasteiger partial charge >= 0.3 is 5.97 Å². The van der Waals surface area contributed by atoms with Gasteiger partial charge in [-0.05, 0) is 37.6 Å². The van der Waals surface area contributed by atoms with Crippen LogP contribution in [0.25, 0.3) is 0 Å². The Morgan fingerprint density at radius 3 is 2.50 bits per heavy atom. The van der Waals surface area contributed by atoms with Gasteiger partial charge in [0.15, 0.2) is 23.5 Å². The number of carbonyl (C=O) groups is 2. The van der Waals surface area contributed by atoms with Gasteiger partial charge in [-0.3, -0.25) is 4.79 Å². The Labute approximate surface area is 104 Å². The first kappa shape index (κ1) is 13.9. The van der Waals surface area contributed by atoms with E-state index in [1.165, 1.54) is 26.0 Å². The van der Waals surface area contributed by atoms with Crippen LogP contribution < -0.4 is 4.74 Å². The van der Waals surface area contributed by atoms with Crippen LogP contribution in [-0.2, 0) is 4.79 Å². The minimum atomic E-state index is -1.20. The molecular formula is C13H13FO4. The van der Waals surface area contributed by atoms with Crippen molar-refractivity contribution in [1.82, 2.24) is 0 Å². The van der Waals surface area contributed by atoms with Gasteiger partial charge < -0.3 is 9.84 Å². The van der Waals surface area contributed by atoms with Crippen molar-refractivity contribution in [3.05, 3.63) is 41.7 Å². The number of halogens is 1. The van der Waals surface area contributed by atoms with Crippen LogP contribution in [0.3, 0.4) is 0 Å². The molecule has 1 atom stereocenters. The lowest BCUT2D eigenvalue weighted by Crippen LogP contribution is -2.23. The number of hydrogen-bond acceptors (Lipinski definition) is 3. The summed E-state index contributed by atoms with van der Waals surface area (Å²) in [6.07, 6.45) is -1.16. The lowest BCUT2D eigenvalue weighted by atomic mass is 10.1. The minimum absolute atomic E-state index is 0.148. The van der Waals surface area contributed by atoms with E-state index >= 15 is 0 Å². The second-order valence-corrected chi connectivity index (χ2v) is 3.85. The Kier molecular flexibility index (Phi) is 4.20. The molecule has 0 radical (unpaired) electrons. The fourth-order valence-electron chi connectivity index (χ4n) is 1.22. The van der Waals surface area contributed by atoms with Crippen LogP contribution in [0.15, 0.2) is 30.4 Å². The van der Waals surface area contributed by atoms with E-state index in [0.29, 0.717) is 5.57 Å². The third-order valence-electron chi connectivity index (χ3n) is 2.23. The molecule has 5 heteroatoms. The first-order chi connectivity index (χ1) is 8.32. The summed E-state index contributed by atoms with van der Waals surface area (Å²) < 4.78 is 18.5. The van der Waals surface area contributed by atoms with E-state index in [2.05, 4.69) is 6.58 Å². The molecule has 1 unspecified atom stereocenters. The van der Waals surface area contributed by atoms with E-state index in [-0.39, 0.29) is 17.1 Å². The summed E-state index contributed by atoms with van der Waals surface area (Å²) in [5.74, 6) is -2.55. The Morgan fingerprint density at radius 1 is 1.44 bits per heavy atom. The molecule has 0 aliphatic heterocycles. The number of allylic oxidation sites excluding steroid dienone is 1. The van der Waals surface area contributed by atoms with Crippen LogP contribution in [-0.4, -0.2) is 23.0 Å². The molecule has 0 spiro atoms. The zero-order chi connectivity index (χ0) is 13.9. The van der Waals surface area contributed by atoms with Gasteiger partial charge in [0.2, 0.25) is 0 Å². The van der Waals surface area contributed by atoms with Crippen molar-refractivity contribution in [2.75, 3.05) is 0 Å². The van der Waals surface area contributed by atoms with Crippen LogP contribution in [0.5, 0.6) is 5.75 Å². The van der Waals surface area contributed by atoms with Crippen molar-refractivity contribution in [2.24, 2.45) is 0 Å². The Morgan fingerprint density at radius 2 is 2.06 bits per heavy atom. The third kappa shape index (κ3) is 3.16. The molecule has 0 aromatic heterocycles. The highest BCUT2D eigenvalue weighted by Crippen LogP contribution is 2.21. The van der Waals surface area contributed by atoms with Crippen molar-refractivity contribution in [1.29, 1.82) is 0 Å². The SMILES string of the molecule is C=C(C)C(=O)c1ccc(OC(C)C(=O)O)c(F)c1. The molecule has 0 saturated carbocycles. The highest BCUT2D eigenvalue weighted by Gasteiger charge is 2.16. The number of ether oxygens (including phenoxy) is 1. The molecule has 1 aromatic carbocycles. The topological polar surface area (TPSA) is 63.6 Å². The maximum Gasteiger partial charge on any atom is 0.344 e. The Bertz CT molecular complexity index is 508. The molecular weight excluding hydrogens is 239 g/mol. The number of rotatable bonds is 5. The molecule has 96 valence electrons. The lowest BCUT2D eigenvalue weighted by Gasteiger charge is -2.11. The number of benzene rings is 1. The minimum Gasteiger partial charge on any atom is -0.479 e. The highest BCUT2D eigenvalue weighted by atomic mass is 19.1.